The van der Waals surface area contributed by atoms with Crippen LogP contribution < -0.4 is 10.6 Å². The molecule has 2 rings (SSSR count). The number of esters is 1. The van der Waals surface area contributed by atoms with Crippen molar-refractivity contribution in [3.8, 4) is 0 Å². The highest BCUT2D eigenvalue weighted by Crippen LogP contribution is 2.05. The molecule has 0 aliphatic carbocycles. The Hall–Kier alpha value is -3.09. The number of carbonyl (C=O) groups excluding carboxylic acids is 3. The average Bonchev–Trinajstić information content (AvgIpc) is 3.11. The molecular weight excluding hydrogens is 312 g/mol. The van der Waals surface area contributed by atoms with Gasteiger partial charge in [0.05, 0.1) is 6.26 Å². The largest absolute Gasteiger partial charge is 0.459 e. The zero-order valence-electron chi connectivity index (χ0n) is 13.2. The van der Waals surface area contributed by atoms with E-state index in [9.17, 15) is 14.4 Å². The minimum atomic E-state index is -0.707. The van der Waals surface area contributed by atoms with Gasteiger partial charge >= 0.3 is 5.97 Å². The van der Waals surface area contributed by atoms with Crippen LogP contribution in [0.4, 0.5) is 0 Å². The van der Waals surface area contributed by atoms with Gasteiger partial charge in [-0.25, -0.2) is 0 Å². The molecule has 2 amide bonds. The number of amides is 2. The molecule has 0 saturated heterocycles. The number of hydrogen-bond donors (Lipinski definition) is 2. The third kappa shape index (κ3) is 5.28. The zero-order chi connectivity index (χ0) is 17.4. The molecule has 0 unspecified atom stereocenters. The Balaban J connectivity index is 1.65. The van der Waals surface area contributed by atoms with Gasteiger partial charge in [-0.05, 0) is 30.2 Å². The van der Waals surface area contributed by atoms with Gasteiger partial charge in [-0.15, -0.1) is 0 Å². The van der Waals surface area contributed by atoms with Gasteiger partial charge < -0.3 is 19.8 Å². The third-order valence-corrected chi connectivity index (χ3v) is 3.24. The molecule has 1 aromatic heterocycles. The van der Waals surface area contributed by atoms with Crippen molar-refractivity contribution in [3.05, 3.63) is 59.5 Å². The third-order valence-electron chi connectivity index (χ3n) is 3.24. The van der Waals surface area contributed by atoms with Crippen molar-refractivity contribution in [2.24, 2.45) is 0 Å². The predicted octanol–water partition coefficient (Wildman–Crippen LogP) is 1.18. The number of furan rings is 1. The lowest BCUT2D eigenvalue weighted by molar-refractivity contribution is -0.147. The lowest BCUT2D eigenvalue weighted by Crippen LogP contribution is -2.33. The van der Waals surface area contributed by atoms with Crippen molar-refractivity contribution in [2.45, 2.75) is 13.5 Å². The fraction of sp³-hybridized carbons (Fsp3) is 0.235. The smallest absolute Gasteiger partial charge is 0.325 e. The van der Waals surface area contributed by atoms with Crippen LogP contribution in [-0.4, -0.2) is 30.9 Å². The molecule has 0 atom stereocenters. The van der Waals surface area contributed by atoms with E-state index in [0.717, 1.165) is 11.1 Å². The molecule has 1 aromatic carbocycles. The van der Waals surface area contributed by atoms with Crippen LogP contribution in [0.5, 0.6) is 0 Å². The second-order valence-electron chi connectivity index (χ2n) is 5.02. The van der Waals surface area contributed by atoms with Crippen LogP contribution in [0.25, 0.3) is 0 Å². The van der Waals surface area contributed by atoms with Gasteiger partial charge in [-0.2, -0.15) is 0 Å². The molecule has 2 aromatic rings. The summed E-state index contributed by atoms with van der Waals surface area (Å²) in [6.07, 6.45) is 1.35. The summed E-state index contributed by atoms with van der Waals surface area (Å²) in [6.45, 7) is 1.56. The lowest BCUT2D eigenvalue weighted by Gasteiger charge is -2.08. The van der Waals surface area contributed by atoms with E-state index in [4.69, 9.17) is 9.15 Å². The summed E-state index contributed by atoms with van der Waals surface area (Å²) in [5.74, 6) is -1.55. The van der Waals surface area contributed by atoms with Crippen molar-refractivity contribution in [1.29, 1.82) is 0 Å². The van der Waals surface area contributed by atoms with Crippen molar-refractivity contribution in [3.63, 3.8) is 0 Å². The summed E-state index contributed by atoms with van der Waals surface area (Å²) in [4.78, 5) is 34.7. The van der Waals surface area contributed by atoms with Crippen molar-refractivity contribution >= 4 is 17.8 Å². The van der Waals surface area contributed by atoms with Crippen molar-refractivity contribution in [1.82, 2.24) is 10.6 Å². The molecule has 0 bridgehead atoms. The number of benzene rings is 1. The first-order valence-electron chi connectivity index (χ1n) is 7.35. The minimum absolute atomic E-state index is 0.0961. The molecule has 0 fully saturated rings. The van der Waals surface area contributed by atoms with E-state index < -0.39 is 24.4 Å². The van der Waals surface area contributed by atoms with E-state index in [-0.39, 0.29) is 12.3 Å². The van der Waals surface area contributed by atoms with E-state index in [1.54, 1.807) is 6.07 Å². The molecule has 7 nitrogen and oxygen atoms in total. The maximum Gasteiger partial charge on any atom is 0.325 e. The van der Waals surface area contributed by atoms with Gasteiger partial charge in [0.15, 0.2) is 12.4 Å². The summed E-state index contributed by atoms with van der Waals surface area (Å²) >= 11 is 0. The summed E-state index contributed by atoms with van der Waals surface area (Å²) < 4.78 is 9.68. The number of carbonyl (C=O) groups is 3. The van der Waals surface area contributed by atoms with Crippen LogP contribution in [0.15, 0.2) is 47.1 Å². The zero-order valence-corrected chi connectivity index (χ0v) is 13.2. The van der Waals surface area contributed by atoms with Gasteiger partial charge in [0.2, 0.25) is 0 Å². The molecule has 0 aliphatic heterocycles. The van der Waals surface area contributed by atoms with E-state index in [2.05, 4.69) is 10.6 Å². The number of nitrogens with one attached hydrogen (secondary N) is 2. The highest BCUT2D eigenvalue weighted by molar-refractivity contribution is 5.93. The van der Waals surface area contributed by atoms with E-state index in [1.807, 2.05) is 31.2 Å². The monoisotopic (exact) mass is 330 g/mol. The molecule has 0 spiro atoms. The molecule has 24 heavy (non-hydrogen) atoms. The van der Waals surface area contributed by atoms with E-state index in [1.165, 1.54) is 12.3 Å². The maximum atomic E-state index is 11.7. The number of ether oxygens (including phenoxy) is 1. The topological polar surface area (TPSA) is 97.6 Å². The fourth-order valence-corrected chi connectivity index (χ4v) is 1.90. The molecule has 7 heteroatoms. The van der Waals surface area contributed by atoms with Crippen LogP contribution >= 0.6 is 0 Å². The first kappa shape index (κ1) is 17.3. The Morgan fingerprint density at radius 1 is 1.08 bits per heavy atom. The van der Waals surface area contributed by atoms with E-state index >= 15 is 0 Å². The minimum Gasteiger partial charge on any atom is -0.459 e. The van der Waals surface area contributed by atoms with Gasteiger partial charge in [-0.3, -0.25) is 14.4 Å². The van der Waals surface area contributed by atoms with Crippen LogP contribution in [0.1, 0.15) is 21.7 Å². The van der Waals surface area contributed by atoms with Crippen LogP contribution in [0, 0.1) is 6.92 Å². The normalized spacial score (nSPS) is 10.0. The lowest BCUT2D eigenvalue weighted by atomic mass is 10.1. The number of hydrogen-bond acceptors (Lipinski definition) is 5. The Bertz CT molecular complexity index is 710. The Morgan fingerprint density at radius 2 is 1.88 bits per heavy atom. The average molecular weight is 330 g/mol. The van der Waals surface area contributed by atoms with Gasteiger partial charge in [0.25, 0.3) is 11.8 Å². The molecule has 2 N–H and O–H groups in total. The maximum absolute atomic E-state index is 11.7. The summed E-state index contributed by atoms with van der Waals surface area (Å²) in [6, 6.07) is 10.7. The quantitative estimate of drug-likeness (QED) is 0.743. The van der Waals surface area contributed by atoms with Crippen molar-refractivity contribution in [2.75, 3.05) is 13.2 Å². The molecule has 0 saturated carbocycles. The second kappa shape index (κ2) is 8.52. The second-order valence-corrected chi connectivity index (χ2v) is 5.02. The molecular formula is C17H18N2O5. The summed E-state index contributed by atoms with van der Waals surface area (Å²) in [5.41, 5.74) is 2.05. The Labute approximate surface area is 139 Å². The first-order valence-corrected chi connectivity index (χ1v) is 7.35. The molecule has 126 valence electrons. The SMILES string of the molecule is Cc1ccccc1CNC(=O)COC(=O)CNC(=O)c1ccco1. The number of rotatable bonds is 7. The first-order chi connectivity index (χ1) is 11.6. The van der Waals surface area contributed by atoms with Crippen LogP contribution in [-0.2, 0) is 20.9 Å². The molecule has 0 aliphatic rings. The summed E-state index contributed by atoms with van der Waals surface area (Å²) in [5, 5.41) is 5.00. The van der Waals surface area contributed by atoms with Gasteiger partial charge in [0, 0.05) is 6.54 Å². The molecule has 0 radical (unpaired) electrons. The van der Waals surface area contributed by atoms with Crippen LogP contribution in [0.2, 0.25) is 0 Å². The van der Waals surface area contributed by atoms with Gasteiger partial charge in [0.1, 0.15) is 6.54 Å². The predicted molar refractivity (Wildman–Crippen MR) is 85.0 cm³/mol. The summed E-state index contributed by atoms with van der Waals surface area (Å²) in [7, 11) is 0. The fourth-order valence-electron chi connectivity index (χ4n) is 1.90. The standard InChI is InChI=1S/C17H18N2O5/c1-12-5-2-3-6-13(12)9-18-15(20)11-24-16(21)10-19-17(22)14-7-4-8-23-14/h2-8H,9-11H2,1H3,(H,18,20)(H,19,22). The Morgan fingerprint density at radius 3 is 2.58 bits per heavy atom. The Kier molecular flexibility index (Phi) is 6.13. The van der Waals surface area contributed by atoms with Crippen molar-refractivity contribution < 1.29 is 23.5 Å². The highest BCUT2D eigenvalue weighted by atomic mass is 16.5. The van der Waals surface area contributed by atoms with E-state index in [0.29, 0.717) is 6.54 Å². The highest BCUT2D eigenvalue weighted by Gasteiger charge is 2.12. The molecule has 1 heterocycles. The number of aryl methyl sites for hydroxylation is 1. The van der Waals surface area contributed by atoms with Crippen LogP contribution in [0.3, 0.4) is 0 Å². The van der Waals surface area contributed by atoms with Gasteiger partial charge in [-0.1, -0.05) is 24.3 Å².